The minimum atomic E-state index is -0.914. The highest BCUT2D eigenvalue weighted by Crippen LogP contribution is 2.28. The van der Waals surface area contributed by atoms with E-state index in [2.05, 4.69) is 19.9 Å². The van der Waals surface area contributed by atoms with Crippen molar-refractivity contribution in [3.63, 3.8) is 0 Å². The van der Waals surface area contributed by atoms with Crippen molar-refractivity contribution in [1.82, 2.24) is 29.1 Å². The molecule has 0 spiro atoms. The molecule has 11 nitrogen and oxygen atoms in total. The van der Waals surface area contributed by atoms with Crippen molar-refractivity contribution in [2.24, 2.45) is 0 Å². The van der Waals surface area contributed by atoms with Gasteiger partial charge in [-0.1, -0.05) is 36.4 Å². The Bertz CT molecular complexity index is 2120. The normalized spacial score (nSPS) is 11.7. The van der Waals surface area contributed by atoms with Crippen molar-refractivity contribution in [3.05, 3.63) is 114 Å². The van der Waals surface area contributed by atoms with Crippen LogP contribution < -0.4 is 22.1 Å². The number of aromatic nitrogens is 6. The number of benzene rings is 3. The molecule has 0 bridgehead atoms. The zero-order chi connectivity index (χ0) is 25.3. The molecule has 3 aromatic carbocycles. The van der Waals surface area contributed by atoms with E-state index in [0.717, 1.165) is 12.1 Å². The van der Waals surface area contributed by atoms with Crippen LogP contribution in [0.3, 0.4) is 0 Å². The van der Waals surface area contributed by atoms with Gasteiger partial charge in [0.05, 0.1) is 0 Å². The summed E-state index contributed by atoms with van der Waals surface area (Å²) in [6, 6.07) is 20.2. The van der Waals surface area contributed by atoms with E-state index in [-0.39, 0.29) is 44.7 Å². The molecular formula is C26H12N6O5. The van der Waals surface area contributed by atoms with E-state index in [9.17, 15) is 19.2 Å². The minimum absolute atomic E-state index is 0.104. The Morgan fingerprint density at radius 1 is 0.459 bits per heavy atom. The predicted octanol–water partition coefficient (Wildman–Crippen LogP) is 1.93. The molecule has 0 unspecified atom stereocenters. The summed E-state index contributed by atoms with van der Waals surface area (Å²) in [5.74, 6) is 0. The van der Waals surface area contributed by atoms with Crippen molar-refractivity contribution in [2.75, 3.05) is 0 Å². The van der Waals surface area contributed by atoms with Crippen LogP contribution in [0, 0.1) is 0 Å². The standard InChI is InChI=1S/C26H12N6O5/c33-15-11-12-16(34)18-17(15)27-21-22(28-18)32(14-9-5-2-6-10-14)24-23(31(21)13-7-3-1-4-8-13)29-19-20(30-24)26(36)37-25(19)35/h1-12H. The first kappa shape index (κ1) is 20.8. The average Bonchev–Trinajstić information content (AvgIpc) is 3.20. The third kappa shape index (κ3) is 2.94. The highest BCUT2D eigenvalue weighted by atomic mass is 16.4. The Hall–Kier alpha value is -5.58. The van der Waals surface area contributed by atoms with Crippen LogP contribution in [0.1, 0.15) is 0 Å². The van der Waals surface area contributed by atoms with Gasteiger partial charge in [0.15, 0.2) is 33.6 Å². The van der Waals surface area contributed by atoms with Gasteiger partial charge in [-0.25, -0.2) is 29.5 Å². The maximum atomic E-state index is 12.7. The minimum Gasteiger partial charge on any atom is -0.383 e. The van der Waals surface area contributed by atoms with Crippen LogP contribution in [0.5, 0.6) is 0 Å². The Labute approximate surface area is 203 Å². The molecule has 0 N–H and O–H groups in total. The molecule has 11 heteroatoms. The number of fused-ring (bicyclic) bond motifs is 4. The van der Waals surface area contributed by atoms with Crippen molar-refractivity contribution < 1.29 is 4.42 Å². The number of hydrogen-bond donors (Lipinski definition) is 0. The van der Waals surface area contributed by atoms with Gasteiger partial charge in [0.25, 0.3) is 0 Å². The van der Waals surface area contributed by atoms with E-state index in [1.54, 1.807) is 57.7 Å². The molecule has 0 aliphatic carbocycles. The first-order chi connectivity index (χ1) is 18.0. The summed E-state index contributed by atoms with van der Waals surface area (Å²) in [6.45, 7) is 0. The summed E-state index contributed by atoms with van der Waals surface area (Å²) < 4.78 is 7.91. The summed E-state index contributed by atoms with van der Waals surface area (Å²) >= 11 is 0. The van der Waals surface area contributed by atoms with Crippen LogP contribution in [0.25, 0.3) is 56.0 Å². The van der Waals surface area contributed by atoms with E-state index >= 15 is 0 Å². The van der Waals surface area contributed by atoms with Gasteiger partial charge >= 0.3 is 11.3 Å². The van der Waals surface area contributed by atoms with Crippen molar-refractivity contribution in [2.45, 2.75) is 0 Å². The van der Waals surface area contributed by atoms with Gasteiger partial charge in [-0.15, -0.1) is 0 Å². The van der Waals surface area contributed by atoms with Gasteiger partial charge in [-0.2, -0.15) is 0 Å². The largest absolute Gasteiger partial charge is 0.383 e. The summed E-state index contributed by atoms with van der Waals surface area (Å²) in [5.41, 5.74) is -1.61. The molecule has 7 aromatic rings. The first-order valence-electron chi connectivity index (χ1n) is 11.1. The monoisotopic (exact) mass is 488 g/mol. The molecule has 0 fully saturated rings. The summed E-state index contributed by atoms with van der Waals surface area (Å²) in [7, 11) is 0. The Morgan fingerprint density at radius 2 is 0.811 bits per heavy atom. The molecule has 0 saturated heterocycles. The quantitative estimate of drug-likeness (QED) is 0.334. The van der Waals surface area contributed by atoms with Crippen LogP contribution in [-0.2, 0) is 0 Å². The van der Waals surface area contributed by atoms with Gasteiger partial charge in [0.1, 0.15) is 11.0 Å². The van der Waals surface area contributed by atoms with E-state index in [1.807, 2.05) is 12.1 Å². The van der Waals surface area contributed by atoms with Crippen LogP contribution in [-0.4, -0.2) is 29.1 Å². The molecule has 4 heterocycles. The molecule has 7 rings (SSSR count). The molecular weight excluding hydrogens is 476 g/mol. The molecule has 0 saturated carbocycles. The highest BCUT2D eigenvalue weighted by molar-refractivity contribution is 5.92. The first-order valence-corrected chi connectivity index (χ1v) is 11.1. The maximum absolute atomic E-state index is 12.7. The van der Waals surface area contributed by atoms with Crippen molar-refractivity contribution >= 4 is 44.7 Å². The fraction of sp³-hybridized carbons (Fsp3) is 0. The molecule has 176 valence electrons. The average molecular weight is 488 g/mol. The van der Waals surface area contributed by atoms with Crippen molar-refractivity contribution in [3.8, 4) is 11.4 Å². The third-order valence-electron chi connectivity index (χ3n) is 6.02. The zero-order valence-corrected chi connectivity index (χ0v) is 18.7. The zero-order valence-electron chi connectivity index (χ0n) is 18.7. The lowest BCUT2D eigenvalue weighted by Crippen LogP contribution is -2.18. The second kappa shape index (κ2) is 7.46. The number of rotatable bonds is 2. The van der Waals surface area contributed by atoms with E-state index in [1.165, 1.54) is 0 Å². The second-order valence-electron chi connectivity index (χ2n) is 8.22. The SMILES string of the molecule is O=c1ccc(=O)c2nc3c(nc12)n(-c1ccccc1)c1nc2c(=O)oc(=O)c2nc1n3-c1ccccc1. The maximum Gasteiger partial charge on any atom is 0.367 e. The smallest absolute Gasteiger partial charge is 0.367 e. The van der Waals surface area contributed by atoms with Gasteiger partial charge in [-0.05, 0) is 36.4 Å². The van der Waals surface area contributed by atoms with Gasteiger partial charge in [-0.3, -0.25) is 18.7 Å². The lowest BCUT2D eigenvalue weighted by molar-refractivity contribution is 0.498. The Balaban J connectivity index is 1.85. The summed E-state index contributed by atoms with van der Waals surface area (Å²) in [6.07, 6.45) is 0. The van der Waals surface area contributed by atoms with Crippen LogP contribution >= 0.6 is 0 Å². The molecule has 0 radical (unpaired) electrons. The van der Waals surface area contributed by atoms with Gasteiger partial charge in [0.2, 0.25) is 10.9 Å². The summed E-state index contributed by atoms with van der Waals surface area (Å²) in [5, 5.41) is 0. The number of hydrogen-bond acceptors (Lipinski definition) is 9. The van der Waals surface area contributed by atoms with Gasteiger partial charge in [0, 0.05) is 11.4 Å². The van der Waals surface area contributed by atoms with E-state index < -0.39 is 22.1 Å². The van der Waals surface area contributed by atoms with Crippen LogP contribution in [0.2, 0.25) is 0 Å². The fourth-order valence-corrected chi connectivity index (χ4v) is 4.40. The Morgan fingerprint density at radius 3 is 1.19 bits per heavy atom. The van der Waals surface area contributed by atoms with Gasteiger partial charge < -0.3 is 4.42 Å². The number of para-hydroxylation sites is 2. The van der Waals surface area contributed by atoms with Crippen LogP contribution in [0.15, 0.2) is 96.4 Å². The molecule has 37 heavy (non-hydrogen) atoms. The second-order valence-corrected chi connectivity index (χ2v) is 8.22. The lowest BCUT2D eigenvalue weighted by atomic mass is 10.2. The topological polar surface area (TPSA) is 143 Å². The number of furan rings is 1. The molecule has 0 aliphatic rings. The number of nitrogens with zero attached hydrogens (tertiary/aromatic N) is 6. The third-order valence-corrected chi connectivity index (χ3v) is 6.02. The molecule has 0 amide bonds. The molecule has 0 atom stereocenters. The van der Waals surface area contributed by atoms with E-state index in [0.29, 0.717) is 11.4 Å². The lowest BCUT2D eigenvalue weighted by Gasteiger charge is -2.19. The van der Waals surface area contributed by atoms with Crippen molar-refractivity contribution in [1.29, 1.82) is 0 Å². The molecule has 4 aromatic heterocycles. The fourth-order valence-electron chi connectivity index (χ4n) is 4.40. The van der Waals surface area contributed by atoms with E-state index in [4.69, 9.17) is 4.42 Å². The summed E-state index contributed by atoms with van der Waals surface area (Å²) in [4.78, 5) is 68.3. The molecule has 0 aliphatic heterocycles. The Kier molecular flexibility index (Phi) is 4.18. The van der Waals surface area contributed by atoms with Crippen LogP contribution in [0.4, 0.5) is 0 Å². The highest BCUT2D eigenvalue weighted by Gasteiger charge is 2.23. The predicted molar refractivity (Wildman–Crippen MR) is 135 cm³/mol.